The summed E-state index contributed by atoms with van der Waals surface area (Å²) in [5.74, 6) is -0.879. The molecule has 25 heavy (non-hydrogen) atoms. The fraction of sp³-hybridized carbons (Fsp3) is 0.278. The summed E-state index contributed by atoms with van der Waals surface area (Å²) in [5.41, 5.74) is 1.54. The van der Waals surface area contributed by atoms with Gasteiger partial charge in [-0.05, 0) is 24.3 Å². The number of nitrogens with zero attached hydrogens (tertiary/aromatic N) is 3. The van der Waals surface area contributed by atoms with E-state index < -0.39 is 5.97 Å². The number of carboxylic acids is 1. The predicted octanol–water partition coefficient (Wildman–Crippen LogP) is -1.30. The van der Waals surface area contributed by atoms with Crippen molar-refractivity contribution in [2.75, 3.05) is 37.6 Å². The maximum absolute atomic E-state index is 10.2. The Morgan fingerprint density at radius 1 is 1.04 bits per heavy atom. The van der Waals surface area contributed by atoms with Crippen molar-refractivity contribution in [2.24, 2.45) is 0 Å². The third-order valence-electron chi connectivity index (χ3n) is 3.71. The first-order valence-corrected chi connectivity index (χ1v) is 7.71. The minimum absolute atomic E-state index is 0. The number of aromatic carboxylic acids is 1. The molecule has 0 saturated carbocycles. The number of hydrogen-bond donors (Lipinski definition) is 1. The average Bonchev–Trinajstić information content (AvgIpc) is 2.65. The van der Waals surface area contributed by atoms with Crippen molar-refractivity contribution in [3.63, 3.8) is 0 Å². The molecule has 1 N–H and O–H groups in total. The molecular weight excluding hydrogens is 329 g/mol. The summed E-state index contributed by atoms with van der Waals surface area (Å²) in [4.78, 5) is 28.9. The van der Waals surface area contributed by atoms with Crippen LogP contribution < -0.4 is 34.5 Å². The topological polar surface area (TPSA) is 73.7 Å². The van der Waals surface area contributed by atoms with Crippen molar-refractivity contribution >= 4 is 17.9 Å². The van der Waals surface area contributed by atoms with Gasteiger partial charge in [-0.3, -0.25) is 4.98 Å². The number of aromatic nitrogens is 1. The van der Waals surface area contributed by atoms with Crippen molar-refractivity contribution in [1.82, 2.24) is 9.88 Å². The van der Waals surface area contributed by atoms with Crippen LogP contribution in [0.25, 0.3) is 0 Å². The quantitative estimate of drug-likeness (QED) is 0.547. The van der Waals surface area contributed by atoms with Crippen LogP contribution in [0, 0.1) is 0 Å². The molecule has 1 saturated heterocycles. The van der Waals surface area contributed by atoms with Crippen LogP contribution in [0.4, 0.5) is 5.69 Å². The maximum atomic E-state index is 10.2. The second-order valence-corrected chi connectivity index (χ2v) is 5.28. The molecule has 0 spiro atoms. The van der Waals surface area contributed by atoms with Crippen LogP contribution in [0.1, 0.15) is 10.4 Å². The molecule has 1 fully saturated rings. The molecule has 6 nitrogen and oxygen atoms in total. The zero-order valence-corrected chi connectivity index (χ0v) is 16.3. The number of carbonyl (C=O) groups is 1. The van der Waals surface area contributed by atoms with Crippen molar-refractivity contribution in [3.05, 3.63) is 60.4 Å². The van der Waals surface area contributed by atoms with E-state index in [4.69, 9.17) is 5.11 Å². The van der Waals surface area contributed by atoms with E-state index in [0.29, 0.717) is 12.1 Å². The van der Waals surface area contributed by atoms with Crippen molar-refractivity contribution < 1.29 is 44.3 Å². The van der Waals surface area contributed by atoms with Crippen LogP contribution in [0.3, 0.4) is 0 Å². The third-order valence-corrected chi connectivity index (χ3v) is 3.71. The van der Waals surface area contributed by atoms with E-state index in [1.54, 1.807) is 42.7 Å². The van der Waals surface area contributed by atoms with Crippen LogP contribution >= 0.6 is 0 Å². The van der Waals surface area contributed by atoms with E-state index in [0.717, 1.165) is 26.2 Å². The Kier molecular flexibility index (Phi) is 10.0. The molecule has 0 aliphatic carbocycles. The van der Waals surface area contributed by atoms with E-state index in [-0.39, 0.29) is 29.6 Å². The Morgan fingerprint density at radius 3 is 2.12 bits per heavy atom. The van der Waals surface area contributed by atoms with Gasteiger partial charge < -0.3 is 19.7 Å². The third kappa shape index (κ3) is 7.36. The fourth-order valence-electron chi connectivity index (χ4n) is 2.39. The molecule has 1 aromatic carbocycles. The molecule has 0 bridgehead atoms. The summed E-state index contributed by atoms with van der Waals surface area (Å²) in [7, 11) is 0. The molecule has 3 rings (SSSR count). The first-order chi connectivity index (χ1) is 11.7. The maximum Gasteiger partial charge on any atom is 1.00 e. The van der Waals surface area contributed by atoms with Crippen LogP contribution in [-0.4, -0.2) is 60.0 Å². The number of benzene rings is 1. The Balaban J connectivity index is 0.000000270. The van der Waals surface area contributed by atoms with Crippen LogP contribution in [0.15, 0.2) is 54.9 Å². The van der Waals surface area contributed by atoms with Gasteiger partial charge in [0.05, 0.1) is 5.56 Å². The van der Waals surface area contributed by atoms with Gasteiger partial charge >= 0.3 is 35.5 Å². The van der Waals surface area contributed by atoms with E-state index in [2.05, 4.69) is 14.8 Å². The number of carboxylic acid groups (broad SMARTS) is 1. The van der Waals surface area contributed by atoms with Crippen molar-refractivity contribution in [1.29, 1.82) is 0 Å². The first kappa shape index (κ1) is 21.3. The van der Waals surface area contributed by atoms with Crippen LogP contribution in [0.5, 0.6) is 0 Å². The first-order valence-electron chi connectivity index (χ1n) is 7.71. The van der Waals surface area contributed by atoms with Crippen molar-refractivity contribution in [2.45, 2.75) is 0 Å². The Bertz CT molecular complexity index is 633. The molecule has 7 heteroatoms. The van der Waals surface area contributed by atoms with Gasteiger partial charge in [-0.25, -0.2) is 11.1 Å². The van der Waals surface area contributed by atoms with Gasteiger partial charge in [0.25, 0.3) is 0 Å². The van der Waals surface area contributed by atoms with E-state index >= 15 is 0 Å². The summed E-state index contributed by atoms with van der Waals surface area (Å²) in [5, 5.41) is 8.38. The number of rotatable bonds is 4. The molecule has 0 atom stereocenters. The molecule has 1 aliphatic heterocycles. The smallest absolute Gasteiger partial charge is 0.541 e. The second kappa shape index (κ2) is 11.8. The zero-order chi connectivity index (χ0) is 17.2. The SMILES string of the molecule is O=C(O)c1ccccc1.O=[C-]CN1CCN(c2ccncc2)CC1.[Na+]. The Morgan fingerprint density at radius 2 is 1.64 bits per heavy atom. The average molecular weight is 349 g/mol. The molecule has 1 aromatic heterocycles. The molecule has 0 unspecified atom stereocenters. The van der Waals surface area contributed by atoms with Gasteiger partial charge in [-0.1, -0.05) is 24.7 Å². The second-order valence-electron chi connectivity index (χ2n) is 5.28. The summed E-state index contributed by atoms with van der Waals surface area (Å²) >= 11 is 0. The van der Waals surface area contributed by atoms with E-state index in [1.807, 2.05) is 18.4 Å². The Hall–Kier alpha value is -1.73. The standard InChI is InChI=1S/C11H14N3O.C7H6O2.Na/c15-10-9-13-5-7-14(8-6-13)11-1-3-12-4-2-11;8-7(9)6-4-2-1-3-5-6;/h1-4H,5-9H2;1-5H,(H,8,9);/q-1;;+1. The number of carbonyl (C=O) groups excluding carboxylic acids is 1. The minimum atomic E-state index is -0.879. The van der Waals surface area contributed by atoms with E-state index in [9.17, 15) is 9.59 Å². The predicted molar refractivity (Wildman–Crippen MR) is 92.0 cm³/mol. The largest absolute Gasteiger partial charge is 1.00 e. The normalized spacial score (nSPS) is 13.8. The zero-order valence-electron chi connectivity index (χ0n) is 14.3. The molecular formula is C18H20N3NaO3. The summed E-state index contributed by atoms with van der Waals surface area (Å²) < 4.78 is 0. The van der Waals surface area contributed by atoms with Crippen LogP contribution in [-0.2, 0) is 4.79 Å². The molecule has 0 radical (unpaired) electrons. The van der Waals surface area contributed by atoms with Gasteiger partial charge in [-0.15, -0.1) is 0 Å². The number of hydrogen-bond acceptors (Lipinski definition) is 5. The van der Waals surface area contributed by atoms with Gasteiger partial charge in [0.15, 0.2) is 0 Å². The van der Waals surface area contributed by atoms with Crippen LogP contribution in [0.2, 0.25) is 0 Å². The molecule has 0 amide bonds. The monoisotopic (exact) mass is 349 g/mol. The summed E-state index contributed by atoms with van der Waals surface area (Å²) in [6.07, 6.45) is 5.55. The molecule has 2 aromatic rings. The number of pyridine rings is 1. The molecule has 1 aliphatic rings. The van der Waals surface area contributed by atoms with Gasteiger partial charge in [-0.2, -0.15) is 0 Å². The summed E-state index contributed by atoms with van der Waals surface area (Å²) in [6.45, 7) is 4.22. The van der Waals surface area contributed by atoms with E-state index in [1.165, 1.54) is 5.69 Å². The number of piperazine rings is 1. The van der Waals surface area contributed by atoms with Crippen molar-refractivity contribution in [3.8, 4) is 0 Å². The van der Waals surface area contributed by atoms with Gasteiger partial charge in [0.1, 0.15) is 0 Å². The minimum Gasteiger partial charge on any atom is -0.541 e. The summed E-state index contributed by atoms with van der Waals surface area (Å²) in [6, 6.07) is 12.3. The Labute approximate surface area is 169 Å². The van der Waals surface area contributed by atoms with Gasteiger partial charge in [0.2, 0.25) is 0 Å². The van der Waals surface area contributed by atoms with Gasteiger partial charge in [0, 0.05) is 44.3 Å². The molecule has 2 heterocycles. The molecule has 126 valence electrons. The fourth-order valence-corrected chi connectivity index (χ4v) is 2.39. The number of anilines is 1.